The van der Waals surface area contributed by atoms with E-state index in [1.54, 1.807) is 42.5 Å². The van der Waals surface area contributed by atoms with Crippen LogP contribution in [0.5, 0.6) is 11.5 Å². The number of carbonyl (C=O) groups excluding carboxylic acids is 1. The van der Waals surface area contributed by atoms with E-state index in [4.69, 9.17) is 9.47 Å². The molecule has 0 aliphatic heterocycles. The smallest absolute Gasteiger partial charge is 0.319 e. The van der Waals surface area contributed by atoms with Gasteiger partial charge in [-0.3, -0.25) is 0 Å². The first-order valence-electron chi connectivity index (χ1n) is 7.72. The average molecular weight is 330 g/mol. The van der Waals surface area contributed by atoms with Crippen LogP contribution >= 0.6 is 0 Å². The van der Waals surface area contributed by atoms with Gasteiger partial charge in [0, 0.05) is 17.8 Å². The van der Waals surface area contributed by atoms with Gasteiger partial charge in [-0.25, -0.2) is 4.79 Å². The minimum Gasteiger partial charge on any atom is -0.496 e. The lowest BCUT2D eigenvalue weighted by Crippen LogP contribution is -2.32. The molecule has 2 aromatic rings. The first kappa shape index (κ1) is 17.6. The SMILES string of the molecule is CCOc1ccc(NC(=O)NC[C@@H](O)c2ccccc2OC)cc1. The van der Waals surface area contributed by atoms with Crippen LogP contribution in [0.3, 0.4) is 0 Å². The van der Waals surface area contributed by atoms with Gasteiger partial charge in [0.1, 0.15) is 11.5 Å². The fourth-order valence-corrected chi connectivity index (χ4v) is 2.22. The molecule has 3 N–H and O–H groups in total. The minimum absolute atomic E-state index is 0.0727. The van der Waals surface area contributed by atoms with Crippen molar-refractivity contribution in [1.82, 2.24) is 5.32 Å². The summed E-state index contributed by atoms with van der Waals surface area (Å²) in [7, 11) is 1.54. The van der Waals surface area contributed by atoms with Gasteiger partial charge in [0.15, 0.2) is 0 Å². The molecular weight excluding hydrogens is 308 g/mol. The van der Waals surface area contributed by atoms with E-state index in [2.05, 4.69) is 10.6 Å². The molecule has 0 aliphatic rings. The molecule has 0 bridgehead atoms. The van der Waals surface area contributed by atoms with Crippen LogP contribution in [0.2, 0.25) is 0 Å². The standard InChI is InChI=1S/C18H22N2O4/c1-3-24-14-10-8-13(9-11-14)20-18(22)19-12-16(21)15-6-4-5-7-17(15)23-2/h4-11,16,21H,3,12H2,1-2H3,(H2,19,20,22)/t16-/m1/s1. The highest BCUT2D eigenvalue weighted by atomic mass is 16.5. The van der Waals surface area contributed by atoms with Crippen LogP contribution in [-0.4, -0.2) is 31.4 Å². The molecule has 2 rings (SSSR count). The summed E-state index contributed by atoms with van der Waals surface area (Å²) in [5.74, 6) is 1.33. The average Bonchev–Trinajstić information content (AvgIpc) is 2.61. The van der Waals surface area contributed by atoms with Gasteiger partial charge in [-0.2, -0.15) is 0 Å². The van der Waals surface area contributed by atoms with E-state index in [9.17, 15) is 9.90 Å². The molecule has 0 saturated heterocycles. The third-order valence-corrected chi connectivity index (χ3v) is 3.38. The molecule has 0 aliphatic carbocycles. The van der Waals surface area contributed by atoms with Crippen LogP contribution in [0, 0.1) is 0 Å². The summed E-state index contributed by atoms with van der Waals surface area (Å²) in [6.07, 6.45) is -0.854. The highest BCUT2D eigenvalue weighted by Crippen LogP contribution is 2.24. The van der Waals surface area contributed by atoms with Crippen molar-refractivity contribution < 1.29 is 19.4 Å². The normalized spacial score (nSPS) is 11.5. The number of ether oxygens (including phenoxy) is 2. The van der Waals surface area contributed by atoms with Gasteiger partial charge in [-0.15, -0.1) is 0 Å². The zero-order valence-electron chi connectivity index (χ0n) is 13.8. The van der Waals surface area contributed by atoms with Crippen molar-refractivity contribution in [2.45, 2.75) is 13.0 Å². The molecule has 6 nitrogen and oxygen atoms in total. The number of nitrogens with one attached hydrogen (secondary N) is 2. The first-order chi connectivity index (χ1) is 11.6. The van der Waals surface area contributed by atoms with Crippen molar-refractivity contribution >= 4 is 11.7 Å². The summed E-state index contributed by atoms with van der Waals surface area (Å²) in [6, 6.07) is 13.8. The number of aliphatic hydroxyl groups is 1. The van der Waals surface area contributed by atoms with E-state index >= 15 is 0 Å². The molecule has 2 aromatic carbocycles. The van der Waals surface area contributed by atoms with E-state index in [1.807, 2.05) is 13.0 Å². The number of urea groups is 1. The van der Waals surface area contributed by atoms with Crippen LogP contribution in [0.4, 0.5) is 10.5 Å². The number of para-hydroxylation sites is 1. The molecule has 0 heterocycles. The lowest BCUT2D eigenvalue weighted by Gasteiger charge is -2.15. The molecule has 6 heteroatoms. The van der Waals surface area contributed by atoms with Gasteiger partial charge in [-0.05, 0) is 37.3 Å². The number of aliphatic hydroxyl groups excluding tert-OH is 1. The van der Waals surface area contributed by atoms with E-state index in [0.717, 1.165) is 5.75 Å². The first-order valence-corrected chi connectivity index (χ1v) is 7.72. The maximum atomic E-state index is 11.9. The second kappa shape index (κ2) is 8.79. The van der Waals surface area contributed by atoms with Gasteiger partial charge >= 0.3 is 6.03 Å². The molecule has 1 atom stereocenters. The molecule has 0 unspecified atom stereocenters. The van der Waals surface area contributed by atoms with Crippen LogP contribution in [0.1, 0.15) is 18.6 Å². The number of amides is 2. The lowest BCUT2D eigenvalue weighted by molar-refractivity contribution is 0.171. The minimum atomic E-state index is -0.854. The fourth-order valence-electron chi connectivity index (χ4n) is 2.22. The number of rotatable bonds is 7. The van der Waals surface area contributed by atoms with Gasteiger partial charge in [0.05, 0.1) is 19.8 Å². The Bertz CT molecular complexity index is 658. The monoisotopic (exact) mass is 330 g/mol. The van der Waals surface area contributed by atoms with Crippen LogP contribution in [0.25, 0.3) is 0 Å². The second-order valence-electron chi connectivity index (χ2n) is 5.05. The molecule has 2 amide bonds. The Morgan fingerprint density at radius 3 is 2.54 bits per heavy atom. The Morgan fingerprint density at radius 2 is 1.88 bits per heavy atom. The van der Waals surface area contributed by atoms with Gasteiger partial charge in [-0.1, -0.05) is 18.2 Å². The van der Waals surface area contributed by atoms with Crippen molar-refractivity contribution in [2.24, 2.45) is 0 Å². The van der Waals surface area contributed by atoms with Crippen molar-refractivity contribution in [3.63, 3.8) is 0 Å². The summed E-state index contributed by atoms with van der Waals surface area (Å²) in [4.78, 5) is 11.9. The molecule has 0 saturated carbocycles. The highest BCUT2D eigenvalue weighted by molar-refractivity contribution is 5.89. The van der Waals surface area contributed by atoms with Crippen LogP contribution in [0.15, 0.2) is 48.5 Å². The zero-order valence-corrected chi connectivity index (χ0v) is 13.8. The number of hydrogen-bond donors (Lipinski definition) is 3. The number of benzene rings is 2. The summed E-state index contributed by atoms with van der Waals surface area (Å²) < 4.78 is 10.5. The van der Waals surface area contributed by atoms with Gasteiger partial charge < -0.3 is 25.2 Å². The third-order valence-electron chi connectivity index (χ3n) is 3.38. The van der Waals surface area contributed by atoms with Gasteiger partial charge in [0.25, 0.3) is 0 Å². The topological polar surface area (TPSA) is 79.8 Å². The lowest BCUT2D eigenvalue weighted by atomic mass is 10.1. The third kappa shape index (κ3) is 4.89. The van der Waals surface area contributed by atoms with Crippen molar-refractivity contribution in [3.05, 3.63) is 54.1 Å². The molecule has 128 valence electrons. The van der Waals surface area contributed by atoms with Crippen molar-refractivity contribution in [3.8, 4) is 11.5 Å². The summed E-state index contributed by atoms with van der Waals surface area (Å²) in [5, 5.41) is 15.5. The Kier molecular flexibility index (Phi) is 6.45. The maximum absolute atomic E-state index is 11.9. The molecule has 0 aromatic heterocycles. The molecular formula is C18H22N2O4. The summed E-state index contributed by atoms with van der Waals surface area (Å²) in [5.41, 5.74) is 1.27. The number of carbonyl (C=O) groups is 1. The summed E-state index contributed by atoms with van der Waals surface area (Å²) in [6.45, 7) is 2.57. The predicted octanol–water partition coefficient (Wildman–Crippen LogP) is 2.95. The Hall–Kier alpha value is -2.73. The largest absolute Gasteiger partial charge is 0.496 e. The number of methoxy groups -OCH3 is 1. The van der Waals surface area contributed by atoms with E-state index in [-0.39, 0.29) is 6.54 Å². The zero-order chi connectivity index (χ0) is 17.4. The fraction of sp³-hybridized carbons (Fsp3) is 0.278. The van der Waals surface area contributed by atoms with E-state index in [0.29, 0.717) is 23.6 Å². The van der Waals surface area contributed by atoms with Crippen molar-refractivity contribution in [1.29, 1.82) is 0 Å². The predicted molar refractivity (Wildman–Crippen MR) is 92.6 cm³/mol. The van der Waals surface area contributed by atoms with Crippen LogP contribution < -0.4 is 20.1 Å². The number of anilines is 1. The molecule has 0 spiro atoms. The van der Waals surface area contributed by atoms with E-state index < -0.39 is 12.1 Å². The van der Waals surface area contributed by atoms with Gasteiger partial charge in [0.2, 0.25) is 0 Å². The Balaban J connectivity index is 1.86. The second-order valence-corrected chi connectivity index (χ2v) is 5.05. The maximum Gasteiger partial charge on any atom is 0.319 e. The van der Waals surface area contributed by atoms with E-state index in [1.165, 1.54) is 7.11 Å². The van der Waals surface area contributed by atoms with Crippen molar-refractivity contribution in [2.75, 3.05) is 25.6 Å². The molecule has 0 radical (unpaired) electrons. The quantitative estimate of drug-likeness (QED) is 0.729. The Morgan fingerprint density at radius 1 is 1.17 bits per heavy atom. The number of hydrogen-bond acceptors (Lipinski definition) is 4. The van der Waals surface area contributed by atoms with Crippen LogP contribution in [-0.2, 0) is 0 Å². The molecule has 0 fully saturated rings. The molecule has 24 heavy (non-hydrogen) atoms. The highest BCUT2D eigenvalue weighted by Gasteiger charge is 2.13. The Labute approximate surface area is 141 Å². The summed E-state index contributed by atoms with van der Waals surface area (Å²) >= 11 is 0.